The van der Waals surface area contributed by atoms with Crippen LogP contribution in [0.1, 0.15) is 23.4 Å². The zero-order valence-corrected chi connectivity index (χ0v) is 10.9. The smallest absolute Gasteiger partial charge is 0.0970 e. The van der Waals surface area contributed by atoms with Crippen molar-refractivity contribution in [1.29, 1.82) is 0 Å². The molecule has 17 heavy (non-hydrogen) atoms. The van der Waals surface area contributed by atoms with Crippen LogP contribution in [0.25, 0.3) is 0 Å². The maximum absolute atomic E-state index is 5.95. The van der Waals surface area contributed by atoms with Crippen LogP contribution in [-0.4, -0.2) is 11.5 Å². The molecular weight excluding hydrogens is 230 g/mol. The van der Waals surface area contributed by atoms with Crippen LogP contribution in [0.15, 0.2) is 29.8 Å². The third-order valence-corrected chi connectivity index (χ3v) is 3.69. The van der Waals surface area contributed by atoms with Gasteiger partial charge in [-0.2, -0.15) is 0 Å². The lowest BCUT2D eigenvalue weighted by atomic mass is 10.1. The van der Waals surface area contributed by atoms with Crippen molar-refractivity contribution in [3.05, 3.63) is 40.3 Å². The van der Waals surface area contributed by atoms with Gasteiger partial charge >= 0.3 is 0 Å². The quantitative estimate of drug-likeness (QED) is 0.815. The predicted octanol–water partition coefficient (Wildman–Crippen LogP) is 3.25. The molecule has 0 aliphatic carbocycles. The summed E-state index contributed by atoms with van der Waals surface area (Å²) in [5.41, 5.74) is 8.93. The van der Waals surface area contributed by atoms with Crippen molar-refractivity contribution < 1.29 is 0 Å². The van der Waals surface area contributed by atoms with Crippen molar-refractivity contribution in [2.45, 2.75) is 19.8 Å². The van der Waals surface area contributed by atoms with Gasteiger partial charge < -0.3 is 11.1 Å². The van der Waals surface area contributed by atoms with E-state index in [2.05, 4.69) is 23.3 Å². The lowest BCUT2D eigenvalue weighted by Gasteiger charge is -2.13. The fourth-order valence-electron chi connectivity index (χ4n) is 1.67. The first kappa shape index (κ1) is 11.9. The Morgan fingerprint density at radius 1 is 1.47 bits per heavy atom. The van der Waals surface area contributed by atoms with Gasteiger partial charge in [-0.05, 0) is 24.6 Å². The first-order chi connectivity index (χ1) is 8.16. The molecule has 0 saturated heterocycles. The maximum Gasteiger partial charge on any atom is 0.0970 e. The Morgan fingerprint density at radius 3 is 2.94 bits per heavy atom. The Kier molecular flexibility index (Phi) is 3.64. The number of aryl methyl sites for hydroxylation is 1. The van der Waals surface area contributed by atoms with Gasteiger partial charge in [0.1, 0.15) is 0 Å². The van der Waals surface area contributed by atoms with Crippen LogP contribution in [0.2, 0.25) is 0 Å². The Morgan fingerprint density at radius 2 is 2.29 bits per heavy atom. The first-order valence-electron chi connectivity index (χ1n) is 5.66. The van der Waals surface area contributed by atoms with E-state index in [0.717, 1.165) is 22.9 Å². The minimum absolute atomic E-state index is 0.399. The molecule has 0 aliphatic heterocycles. The van der Waals surface area contributed by atoms with E-state index in [1.54, 1.807) is 11.3 Å². The Bertz CT molecular complexity index is 479. The summed E-state index contributed by atoms with van der Waals surface area (Å²) >= 11 is 1.69. The molecule has 2 aromatic rings. The third-order valence-electron chi connectivity index (χ3n) is 2.68. The van der Waals surface area contributed by atoms with Crippen molar-refractivity contribution in [2.24, 2.45) is 0 Å². The number of hydrogen-bond donors (Lipinski definition) is 2. The van der Waals surface area contributed by atoms with Gasteiger partial charge in [-0.1, -0.05) is 13.0 Å². The molecule has 3 N–H and O–H groups in total. The topological polar surface area (TPSA) is 50.9 Å². The van der Waals surface area contributed by atoms with Crippen molar-refractivity contribution in [3.8, 4) is 0 Å². The summed E-state index contributed by atoms with van der Waals surface area (Å²) in [5, 5.41) is 6.53. The number of hydrogen-bond acceptors (Lipinski definition) is 4. The highest BCUT2D eigenvalue weighted by molar-refractivity contribution is 7.09. The number of thiazole rings is 1. The summed E-state index contributed by atoms with van der Waals surface area (Å²) in [4.78, 5) is 4.31. The Labute approximate surface area is 106 Å². The number of benzene rings is 1. The zero-order chi connectivity index (χ0) is 12.3. The van der Waals surface area contributed by atoms with Gasteiger partial charge in [0.15, 0.2) is 0 Å². The normalized spacial score (nSPS) is 12.4. The van der Waals surface area contributed by atoms with E-state index in [9.17, 15) is 0 Å². The lowest BCUT2D eigenvalue weighted by Crippen LogP contribution is -2.10. The molecule has 0 fully saturated rings. The summed E-state index contributed by atoms with van der Waals surface area (Å²) in [7, 11) is 0. The number of rotatable bonds is 4. The second kappa shape index (κ2) is 5.19. The molecule has 2 rings (SSSR count). The van der Waals surface area contributed by atoms with Crippen LogP contribution < -0.4 is 11.1 Å². The number of nitrogens with zero attached hydrogens (tertiary/aromatic N) is 1. The number of nitrogen functional groups attached to an aromatic ring is 1. The summed E-state index contributed by atoms with van der Waals surface area (Å²) in [6.45, 7) is 5.05. The molecule has 0 radical (unpaired) electrons. The molecule has 0 aliphatic rings. The van der Waals surface area contributed by atoms with E-state index in [1.807, 2.05) is 30.6 Å². The number of nitrogens with two attached hydrogens (primary N) is 1. The molecule has 90 valence electrons. The zero-order valence-electron chi connectivity index (χ0n) is 10.1. The summed E-state index contributed by atoms with van der Waals surface area (Å²) < 4.78 is 0. The van der Waals surface area contributed by atoms with E-state index in [-0.39, 0.29) is 0 Å². The first-order valence-corrected chi connectivity index (χ1v) is 6.54. The van der Waals surface area contributed by atoms with Gasteiger partial charge in [0, 0.05) is 24.0 Å². The lowest BCUT2D eigenvalue weighted by molar-refractivity contribution is 0.795. The molecule has 1 unspecified atom stereocenters. The fourth-order valence-corrected chi connectivity index (χ4v) is 2.37. The minimum atomic E-state index is 0.399. The van der Waals surface area contributed by atoms with Crippen molar-refractivity contribution >= 4 is 22.7 Å². The number of nitrogens with one attached hydrogen (secondary N) is 1. The van der Waals surface area contributed by atoms with Gasteiger partial charge in [0.25, 0.3) is 0 Å². The molecule has 1 aromatic carbocycles. The predicted molar refractivity (Wildman–Crippen MR) is 74.6 cm³/mol. The monoisotopic (exact) mass is 247 g/mol. The molecule has 4 heteroatoms. The molecule has 1 atom stereocenters. The van der Waals surface area contributed by atoms with E-state index in [0.29, 0.717) is 5.92 Å². The second-order valence-electron chi connectivity index (χ2n) is 4.24. The average Bonchev–Trinajstić information content (AvgIpc) is 2.81. The Balaban J connectivity index is 1.98. The van der Waals surface area contributed by atoms with Gasteiger partial charge in [-0.15, -0.1) is 11.3 Å². The molecule has 0 saturated carbocycles. The number of aromatic nitrogens is 1. The SMILES string of the molecule is Cc1ccc(NCC(C)c2nccs2)c(N)c1. The van der Waals surface area contributed by atoms with Crippen LogP contribution in [0.5, 0.6) is 0 Å². The highest BCUT2D eigenvalue weighted by atomic mass is 32.1. The van der Waals surface area contributed by atoms with E-state index >= 15 is 0 Å². The molecular formula is C13H17N3S. The maximum atomic E-state index is 5.95. The standard InChI is InChI=1S/C13H17N3S/c1-9-3-4-12(11(14)7-9)16-8-10(2)13-15-5-6-17-13/h3-7,10,16H,8,14H2,1-2H3. The molecule has 1 aromatic heterocycles. The van der Waals surface area contributed by atoms with Gasteiger partial charge in [0.2, 0.25) is 0 Å². The highest BCUT2D eigenvalue weighted by Crippen LogP contribution is 2.22. The third kappa shape index (κ3) is 2.97. The van der Waals surface area contributed by atoms with Crippen LogP contribution in [-0.2, 0) is 0 Å². The highest BCUT2D eigenvalue weighted by Gasteiger charge is 2.08. The van der Waals surface area contributed by atoms with Crippen molar-refractivity contribution in [1.82, 2.24) is 4.98 Å². The number of anilines is 2. The van der Waals surface area contributed by atoms with Crippen LogP contribution in [0.4, 0.5) is 11.4 Å². The van der Waals surface area contributed by atoms with Crippen molar-refractivity contribution in [3.63, 3.8) is 0 Å². The van der Waals surface area contributed by atoms with Crippen LogP contribution in [0, 0.1) is 6.92 Å². The van der Waals surface area contributed by atoms with Crippen LogP contribution >= 0.6 is 11.3 Å². The molecule has 3 nitrogen and oxygen atoms in total. The van der Waals surface area contributed by atoms with Crippen LogP contribution in [0.3, 0.4) is 0 Å². The Hall–Kier alpha value is -1.55. The summed E-state index contributed by atoms with van der Waals surface area (Å²) in [6, 6.07) is 6.07. The molecule has 1 heterocycles. The second-order valence-corrected chi connectivity index (χ2v) is 5.17. The minimum Gasteiger partial charge on any atom is -0.397 e. The summed E-state index contributed by atoms with van der Waals surface area (Å²) in [5.74, 6) is 0.399. The summed E-state index contributed by atoms with van der Waals surface area (Å²) in [6.07, 6.45) is 1.84. The fraction of sp³-hybridized carbons (Fsp3) is 0.308. The molecule has 0 amide bonds. The van der Waals surface area contributed by atoms with E-state index in [4.69, 9.17) is 5.73 Å². The van der Waals surface area contributed by atoms with Gasteiger partial charge in [-0.25, -0.2) is 4.98 Å². The van der Waals surface area contributed by atoms with Gasteiger partial charge in [-0.3, -0.25) is 0 Å². The average molecular weight is 247 g/mol. The molecule has 0 spiro atoms. The van der Waals surface area contributed by atoms with Gasteiger partial charge in [0.05, 0.1) is 16.4 Å². The molecule has 0 bridgehead atoms. The van der Waals surface area contributed by atoms with Crippen molar-refractivity contribution in [2.75, 3.05) is 17.6 Å². The largest absolute Gasteiger partial charge is 0.397 e. The van der Waals surface area contributed by atoms with E-state index < -0.39 is 0 Å². The van der Waals surface area contributed by atoms with E-state index in [1.165, 1.54) is 5.56 Å².